The Hall–Kier alpha value is -4.13. The third-order valence-corrected chi connectivity index (χ3v) is 6.43. The Morgan fingerprint density at radius 1 is 0.914 bits per heavy atom. The van der Waals surface area contributed by atoms with E-state index in [-0.39, 0.29) is 16.8 Å². The first-order valence-corrected chi connectivity index (χ1v) is 11.5. The van der Waals surface area contributed by atoms with Gasteiger partial charge in [-0.3, -0.25) is 14.2 Å². The number of imidazole rings is 1. The first-order valence-electron chi connectivity index (χ1n) is 11.5. The number of fused-ring (bicyclic) bond motifs is 1. The van der Waals surface area contributed by atoms with E-state index in [1.165, 1.54) is 0 Å². The average molecular weight is 470 g/mol. The molecule has 0 bridgehead atoms. The van der Waals surface area contributed by atoms with Crippen LogP contribution in [0.15, 0.2) is 71.9 Å². The number of hydrogen-bond acceptors (Lipinski definition) is 5. The van der Waals surface area contributed by atoms with Gasteiger partial charge in [0.25, 0.3) is 5.56 Å². The minimum atomic E-state index is -0.276. The number of benzene rings is 2. The van der Waals surface area contributed by atoms with Crippen LogP contribution >= 0.6 is 0 Å². The van der Waals surface area contributed by atoms with E-state index in [4.69, 9.17) is 9.47 Å². The summed E-state index contributed by atoms with van der Waals surface area (Å²) in [6.07, 6.45) is 4.40. The summed E-state index contributed by atoms with van der Waals surface area (Å²) in [6, 6.07) is 16.8. The number of rotatable bonds is 5. The molecule has 7 heteroatoms. The summed E-state index contributed by atoms with van der Waals surface area (Å²) in [6.45, 7) is 4.09. The van der Waals surface area contributed by atoms with E-state index >= 15 is 0 Å². The van der Waals surface area contributed by atoms with Crippen molar-refractivity contribution in [1.29, 1.82) is 0 Å². The molecule has 2 heterocycles. The maximum absolute atomic E-state index is 14.1. The Morgan fingerprint density at radius 3 is 2.40 bits per heavy atom. The molecule has 1 aliphatic carbocycles. The molecule has 0 amide bonds. The number of nitrogens with zero attached hydrogens (tertiary/aromatic N) is 3. The summed E-state index contributed by atoms with van der Waals surface area (Å²) in [5, 5.41) is 0. The molecule has 0 spiro atoms. The maximum atomic E-state index is 14.1. The number of hydrogen-bond donors (Lipinski definition) is 0. The summed E-state index contributed by atoms with van der Waals surface area (Å²) >= 11 is 0. The van der Waals surface area contributed by atoms with Crippen LogP contribution in [0.25, 0.3) is 22.6 Å². The molecule has 0 fully saturated rings. The van der Waals surface area contributed by atoms with Gasteiger partial charge in [-0.2, -0.15) is 0 Å². The van der Waals surface area contributed by atoms with E-state index in [9.17, 15) is 9.59 Å². The lowest BCUT2D eigenvalue weighted by molar-refractivity contribution is 0.0908. The Labute approximate surface area is 203 Å². The van der Waals surface area contributed by atoms with Crippen molar-refractivity contribution in [1.82, 2.24) is 14.1 Å². The number of aromatic nitrogens is 3. The largest absolute Gasteiger partial charge is 0.497 e. The van der Waals surface area contributed by atoms with Gasteiger partial charge in [0.1, 0.15) is 23.5 Å². The quantitative estimate of drug-likeness (QED) is 0.417. The van der Waals surface area contributed by atoms with Crippen LogP contribution in [0.4, 0.5) is 0 Å². The number of carbonyl (C=O) groups is 1. The fourth-order valence-corrected chi connectivity index (χ4v) is 4.72. The van der Waals surface area contributed by atoms with E-state index in [0.29, 0.717) is 47.0 Å². The summed E-state index contributed by atoms with van der Waals surface area (Å²) in [5.41, 5.74) is 3.23. The van der Waals surface area contributed by atoms with Crippen LogP contribution in [0.2, 0.25) is 0 Å². The fraction of sp³-hybridized carbons (Fsp3) is 0.250. The Kier molecular flexibility index (Phi) is 5.55. The lowest BCUT2D eigenvalue weighted by Crippen LogP contribution is -2.35. The van der Waals surface area contributed by atoms with E-state index in [1.54, 1.807) is 53.9 Å². The first kappa shape index (κ1) is 22.7. The molecule has 0 atom stereocenters. The van der Waals surface area contributed by atoms with Crippen molar-refractivity contribution in [3.05, 3.63) is 88.7 Å². The van der Waals surface area contributed by atoms with Gasteiger partial charge < -0.3 is 14.0 Å². The second-order valence-electron chi connectivity index (χ2n) is 9.54. The molecule has 0 saturated carbocycles. The van der Waals surface area contributed by atoms with Crippen LogP contribution in [-0.4, -0.2) is 34.1 Å². The first-order chi connectivity index (χ1) is 16.8. The zero-order chi connectivity index (χ0) is 24.7. The Balaban J connectivity index is 1.79. The van der Waals surface area contributed by atoms with Gasteiger partial charge in [-0.15, -0.1) is 0 Å². The van der Waals surface area contributed by atoms with Crippen molar-refractivity contribution < 1.29 is 14.3 Å². The summed E-state index contributed by atoms with van der Waals surface area (Å²) < 4.78 is 14.3. The van der Waals surface area contributed by atoms with E-state index in [1.807, 2.05) is 50.4 Å². The predicted octanol–water partition coefficient (Wildman–Crippen LogP) is 4.86. The van der Waals surface area contributed by atoms with Crippen LogP contribution in [0.5, 0.6) is 11.5 Å². The van der Waals surface area contributed by atoms with E-state index in [0.717, 1.165) is 11.3 Å². The molecule has 2 aromatic heterocycles. The van der Waals surface area contributed by atoms with Crippen molar-refractivity contribution in [3.63, 3.8) is 0 Å². The molecule has 0 unspecified atom stereocenters. The molecule has 5 rings (SSSR count). The zero-order valence-electron chi connectivity index (χ0n) is 20.2. The van der Waals surface area contributed by atoms with E-state index < -0.39 is 0 Å². The van der Waals surface area contributed by atoms with Crippen molar-refractivity contribution in [2.45, 2.75) is 26.7 Å². The Bertz CT molecular complexity index is 1480. The summed E-state index contributed by atoms with van der Waals surface area (Å²) in [5.74, 6) is 1.11. The van der Waals surface area contributed by atoms with Crippen LogP contribution in [0.3, 0.4) is 0 Å². The highest BCUT2D eigenvalue weighted by Gasteiger charge is 2.35. The molecule has 178 valence electrons. The van der Waals surface area contributed by atoms with Gasteiger partial charge in [-0.1, -0.05) is 44.2 Å². The van der Waals surface area contributed by atoms with Gasteiger partial charge in [0.05, 0.1) is 25.6 Å². The number of Topliss-reactive ketones (excluding diaryl/α,β-unsaturated/α-hetero) is 1. The van der Waals surface area contributed by atoms with Crippen molar-refractivity contribution in [3.8, 4) is 34.1 Å². The maximum Gasteiger partial charge on any atom is 0.279 e. The minimum Gasteiger partial charge on any atom is -0.497 e. The van der Waals surface area contributed by atoms with Gasteiger partial charge in [0.15, 0.2) is 5.78 Å². The summed E-state index contributed by atoms with van der Waals surface area (Å²) in [4.78, 5) is 31.9. The molecular formula is C28H27N3O4. The molecule has 0 N–H and O–H groups in total. The highest BCUT2D eigenvalue weighted by atomic mass is 16.5. The molecular weight excluding hydrogens is 442 g/mol. The third kappa shape index (κ3) is 4.03. The smallest absolute Gasteiger partial charge is 0.279 e. The van der Waals surface area contributed by atoms with Crippen LogP contribution in [-0.2, 0) is 6.42 Å². The second kappa shape index (κ2) is 8.58. The minimum absolute atomic E-state index is 0.0107. The second-order valence-corrected chi connectivity index (χ2v) is 9.54. The standard InChI is InChI=1S/C28H27N3O4/c1-28(2)14-24-20(25(32)15-28)13-23(30-16-21(29-17-30)18-8-6-5-7-9-18)27(33)31(24)22-12-19(34-3)10-11-26(22)35-4/h5-13,16-17H,14-15H2,1-4H3. The fourth-order valence-electron chi connectivity index (χ4n) is 4.72. The monoisotopic (exact) mass is 469 g/mol. The highest BCUT2D eigenvalue weighted by molar-refractivity contribution is 5.99. The van der Waals surface area contributed by atoms with Crippen LogP contribution < -0.4 is 15.0 Å². The highest BCUT2D eigenvalue weighted by Crippen LogP contribution is 2.37. The van der Waals surface area contributed by atoms with Gasteiger partial charge >= 0.3 is 0 Å². The molecule has 1 aliphatic rings. The van der Waals surface area contributed by atoms with E-state index in [2.05, 4.69) is 4.98 Å². The molecule has 7 nitrogen and oxygen atoms in total. The van der Waals surface area contributed by atoms with Crippen LogP contribution in [0.1, 0.15) is 36.3 Å². The summed E-state index contributed by atoms with van der Waals surface area (Å²) in [7, 11) is 3.13. The molecule has 35 heavy (non-hydrogen) atoms. The third-order valence-electron chi connectivity index (χ3n) is 6.43. The number of methoxy groups -OCH3 is 2. The van der Waals surface area contributed by atoms with Crippen molar-refractivity contribution >= 4 is 5.78 Å². The van der Waals surface area contributed by atoms with Crippen molar-refractivity contribution in [2.24, 2.45) is 5.41 Å². The zero-order valence-corrected chi connectivity index (χ0v) is 20.2. The normalized spacial score (nSPS) is 14.5. The number of carbonyl (C=O) groups excluding carboxylic acids is 1. The van der Waals surface area contributed by atoms with Gasteiger partial charge in [0.2, 0.25) is 0 Å². The van der Waals surface area contributed by atoms with Gasteiger partial charge in [-0.25, -0.2) is 4.98 Å². The molecule has 2 aromatic carbocycles. The molecule has 0 aliphatic heterocycles. The average Bonchev–Trinajstić information content (AvgIpc) is 3.33. The van der Waals surface area contributed by atoms with Crippen molar-refractivity contribution in [2.75, 3.05) is 14.2 Å². The van der Waals surface area contributed by atoms with Gasteiger partial charge in [-0.05, 0) is 30.0 Å². The van der Waals surface area contributed by atoms with Crippen LogP contribution in [0, 0.1) is 5.41 Å². The number of pyridine rings is 1. The Morgan fingerprint density at radius 2 is 1.69 bits per heavy atom. The molecule has 0 radical (unpaired) electrons. The van der Waals surface area contributed by atoms with Gasteiger partial charge in [0, 0.05) is 35.5 Å². The topological polar surface area (TPSA) is 75.3 Å². The lowest BCUT2D eigenvalue weighted by atomic mass is 9.75. The lowest BCUT2D eigenvalue weighted by Gasteiger charge is -2.32. The molecule has 0 saturated heterocycles. The SMILES string of the molecule is COc1ccc(OC)c(-n2c3c(cc(-n4cnc(-c5ccccc5)c4)c2=O)C(=O)CC(C)(C)C3)c1. The predicted molar refractivity (Wildman–Crippen MR) is 134 cm³/mol. The number of ketones is 1. The number of ether oxygens (including phenoxy) is 2. The molecule has 4 aromatic rings.